The molecule has 6 rings (SSSR count). The second-order valence-electron chi connectivity index (χ2n) is 8.75. The Bertz CT molecular complexity index is 1390. The van der Waals surface area contributed by atoms with Crippen molar-refractivity contribution in [1.29, 1.82) is 0 Å². The molecule has 35 heavy (non-hydrogen) atoms. The average Bonchev–Trinajstić information content (AvgIpc) is 3.65. The molecule has 4 aromatic carbocycles. The first-order chi connectivity index (χ1) is 16.5. The Hall–Kier alpha value is -2.30. The van der Waals surface area contributed by atoms with Crippen LogP contribution >= 0.6 is 31.9 Å². The smallest absolute Gasteiger partial charge is 0.361 e. The van der Waals surface area contributed by atoms with E-state index in [2.05, 4.69) is 153 Å². The maximum Gasteiger partial charge on any atom is 2.00 e. The van der Waals surface area contributed by atoms with Gasteiger partial charge in [-0.15, -0.1) is 0 Å². The molecule has 178 valence electrons. The molecule has 2 nitrogen and oxygen atoms in total. The zero-order valence-corrected chi connectivity index (χ0v) is 23.8. The van der Waals surface area contributed by atoms with E-state index in [1.54, 1.807) is 0 Å². The molecular formula is C30H26Br2FeN2. The molecular weight excluding hydrogens is 604 g/mol. The molecule has 0 aliphatic rings. The molecule has 2 aromatic heterocycles. The third kappa shape index (κ3) is 5.44. The van der Waals surface area contributed by atoms with E-state index in [9.17, 15) is 0 Å². The van der Waals surface area contributed by atoms with Crippen LogP contribution in [0.15, 0.2) is 106 Å². The van der Waals surface area contributed by atoms with Gasteiger partial charge in [-0.1, -0.05) is 45.7 Å². The zero-order valence-electron chi connectivity index (χ0n) is 19.5. The summed E-state index contributed by atoms with van der Waals surface area (Å²) >= 11 is 7.07. The van der Waals surface area contributed by atoms with E-state index >= 15 is 0 Å². The molecule has 6 aromatic rings. The minimum absolute atomic E-state index is 0. The SMILES string of the molecule is CC(c1ccc[cH-]1)c1c[nH]c2ccc(Br)cc12.CC(c1ccc[cH-]1)c1c[nH]c2ccc(Br)cc12.[Fe+2]. The molecule has 2 unspecified atom stereocenters. The van der Waals surface area contributed by atoms with E-state index in [1.165, 1.54) is 44.1 Å². The van der Waals surface area contributed by atoms with Gasteiger partial charge in [0.05, 0.1) is 0 Å². The van der Waals surface area contributed by atoms with E-state index in [0.717, 1.165) is 8.95 Å². The summed E-state index contributed by atoms with van der Waals surface area (Å²) in [7, 11) is 0. The number of hydrogen-bond donors (Lipinski definition) is 2. The van der Waals surface area contributed by atoms with Crippen LogP contribution in [0, 0.1) is 0 Å². The van der Waals surface area contributed by atoms with Crippen molar-refractivity contribution >= 4 is 53.7 Å². The monoisotopic (exact) mass is 628 g/mol. The van der Waals surface area contributed by atoms with Crippen LogP contribution < -0.4 is 0 Å². The molecule has 0 aliphatic carbocycles. The third-order valence-corrected chi connectivity index (χ3v) is 7.65. The van der Waals surface area contributed by atoms with Gasteiger partial charge in [0.15, 0.2) is 0 Å². The van der Waals surface area contributed by atoms with Crippen LogP contribution in [-0.2, 0) is 17.1 Å². The van der Waals surface area contributed by atoms with Crippen LogP contribution in [0.25, 0.3) is 21.8 Å². The van der Waals surface area contributed by atoms with Gasteiger partial charge in [-0.25, -0.2) is 24.3 Å². The zero-order chi connectivity index (χ0) is 23.7. The Labute approximate surface area is 233 Å². The summed E-state index contributed by atoms with van der Waals surface area (Å²) in [5.41, 5.74) is 7.83. The molecule has 0 fully saturated rings. The van der Waals surface area contributed by atoms with Crippen LogP contribution in [0.4, 0.5) is 0 Å². The summed E-state index contributed by atoms with van der Waals surface area (Å²) < 4.78 is 2.25. The van der Waals surface area contributed by atoms with Crippen molar-refractivity contribution in [2.75, 3.05) is 0 Å². The Kier molecular flexibility index (Phi) is 8.23. The van der Waals surface area contributed by atoms with Crippen LogP contribution in [-0.4, -0.2) is 9.97 Å². The molecule has 0 radical (unpaired) electrons. The van der Waals surface area contributed by atoms with Gasteiger partial charge in [0.1, 0.15) is 0 Å². The van der Waals surface area contributed by atoms with Gasteiger partial charge in [0.2, 0.25) is 0 Å². The Morgan fingerprint density at radius 1 is 0.657 bits per heavy atom. The number of halogens is 2. The van der Waals surface area contributed by atoms with Crippen LogP contribution in [0.5, 0.6) is 0 Å². The van der Waals surface area contributed by atoms with Crippen molar-refractivity contribution in [2.45, 2.75) is 25.7 Å². The first-order valence-electron chi connectivity index (χ1n) is 11.5. The molecule has 0 spiro atoms. The van der Waals surface area contributed by atoms with Gasteiger partial charge in [0.25, 0.3) is 0 Å². The van der Waals surface area contributed by atoms with Gasteiger partial charge in [-0.3, -0.25) is 0 Å². The van der Waals surface area contributed by atoms with Crippen LogP contribution in [0.3, 0.4) is 0 Å². The van der Waals surface area contributed by atoms with Gasteiger partial charge in [0, 0.05) is 43.1 Å². The molecule has 0 amide bonds. The molecule has 0 bridgehead atoms. The molecule has 2 atom stereocenters. The van der Waals surface area contributed by atoms with Crippen molar-refractivity contribution < 1.29 is 17.1 Å². The van der Waals surface area contributed by atoms with E-state index in [-0.39, 0.29) is 17.1 Å². The third-order valence-electron chi connectivity index (χ3n) is 6.66. The molecule has 0 saturated heterocycles. The fraction of sp³-hybridized carbons (Fsp3) is 0.133. The van der Waals surface area contributed by atoms with Crippen molar-refractivity contribution in [1.82, 2.24) is 9.97 Å². The van der Waals surface area contributed by atoms with Crippen molar-refractivity contribution in [3.8, 4) is 0 Å². The molecule has 5 heteroatoms. The summed E-state index contributed by atoms with van der Waals surface area (Å²) in [6, 6.07) is 29.8. The first-order valence-corrected chi connectivity index (χ1v) is 13.1. The van der Waals surface area contributed by atoms with Gasteiger partial charge in [-0.2, -0.15) is 35.4 Å². The summed E-state index contributed by atoms with van der Waals surface area (Å²) in [6.45, 7) is 4.50. The summed E-state index contributed by atoms with van der Waals surface area (Å²) in [6.07, 6.45) is 4.24. The molecule has 0 saturated carbocycles. The largest absolute Gasteiger partial charge is 2.00 e. The van der Waals surface area contributed by atoms with Crippen molar-refractivity contribution in [2.24, 2.45) is 0 Å². The second-order valence-corrected chi connectivity index (χ2v) is 10.6. The normalized spacial score (nSPS) is 12.7. The first kappa shape index (κ1) is 25.8. The number of fused-ring (bicyclic) bond motifs is 2. The van der Waals surface area contributed by atoms with Crippen molar-refractivity contribution in [3.05, 3.63) is 129 Å². The van der Waals surface area contributed by atoms with Gasteiger partial charge >= 0.3 is 17.1 Å². The van der Waals surface area contributed by atoms with Crippen LogP contribution in [0.2, 0.25) is 0 Å². The minimum atomic E-state index is 0. The second kappa shape index (κ2) is 11.2. The van der Waals surface area contributed by atoms with Gasteiger partial charge in [-0.05, 0) is 59.4 Å². The maximum atomic E-state index is 3.54. The quantitative estimate of drug-likeness (QED) is 0.144. The fourth-order valence-corrected chi connectivity index (χ4v) is 5.38. The van der Waals surface area contributed by atoms with E-state index in [4.69, 9.17) is 0 Å². The molecule has 2 N–H and O–H groups in total. The summed E-state index contributed by atoms with van der Waals surface area (Å²) in [4.78, 5) is 6.67. The maximum absolute atomic E-state index is 3.54. The Balaban J connectivity index is 0.000000160. The summed E-state index contributed by atoms with van der Waals surface area (Å²) in [5, 5.41) is 2.60. The standard InChI is InChI=1S/2C15H13BrN.Fe/c2*1-10(11-4-2-3-5-11)14-9-17-15-7-6-12(16)8-13(14)15;/h2*2-10,17H,1H3;/q2*-1;+2. The van der Waals surface area contributed by atoms with E-state index in [0.29, 0.717) is 11.8 Å². The number of benzene rings is 2. The Morgan fingerprint density at radius 2 is 1.09 bits per heavy atom. The summed E-state index contributed by atoms with van der Waals surface area (Å²) in [5.74, 6) is 0.848. The number of H-pyrrole nitrogens is 2. The average molecular weight is 630 g/mol. The molecule has 0 aliphatic heterocycles. The predicted molar refractivity (Wildman–Crippen MR) is 151 cm³/mol. The molecule has 2 heterocycles. The predicted octanol–water partition coefficient (Wildman–Crippen LogP) is 9.60. The van der Waals surface area contributed by atoms with Gasteiger partial charge < -0.3 is 9.97 Å². The number of rotatable bonds is 4. The van der Waals surface area contributed by atoms with E-state index in [1.807, 2.05) is 0 Å². The van der Waals surface area contributed by atoms with E-state index < -0.39 is 0 Å². The van der Waals surface area contributed by atoms with Crippen LogP contribution in [0.1, 0.15) is 47.9 Å². The van der Waals surface area contributed by atoms with Crippen molar-refractivity contribution in [3.63, 3.8) is 0 Å². The number of nitrogens with one attached hydrogen (secondary N) is 2. The number of hydrogen-bond acceptors (Lipinski definition) is 0. The Morgan fingerprint density at radius 3 is 1.46 bits per heavy atom. The minimum Gasteiger partial charge on any atom is -0.361 e. The fourth-order valence-electron chi connectivity index (χ4n) is 4.66. The number of aromatic amines is 2. The topological polar surface area (TPSA) is 31.6 Å². The number of aromatic nitrogens is 2.